The Kier molecular flexibility index (Phi) is 12.1. The molecule has 2 unspecified atom stereocenters. The van der Waals surface area contributed by atoms with Crippen LogP contribution in [0, 0.1) is 0 Å². The molecule has 0 aromatic heterocycles. The van der Waals surface area contributed by atoms with Crippen molar-refractivity contribution in [2.75, 3.05) is 54.0 Å². The molecule has 1 aromatic carbocycles. The minimum absolute atomic E-state index is 0.0209. The van der Waals surface area contributed by atoms with Crippen LogP contribution in [0.4, 0.5) is 0 Å². The van der Waals surface area contributed by atoms with Crippen molar-refractivity contribution in [3.05, 3.63) is 24.3 Å². The second kappa shape index (κ2) is 14.1. The van der Waals surface area contributed by atoms with E-state index in [0.29, 0.717) is 19.7 Å². The fraction of sp³-hybridized carbons (Fsp3) is 0.667. The van der Waals surface area contributed by atoms with Crippen LogP contribution in [0.2, 0.25) is 0 Å². The quantitative estimate of drug-likeness (QED) is 0.396. The van der Waals surface area contributed by atoms with Gasteiger partial charge in [0.1, 0.15) is 17.6 Å². The molecular weight excluding hydrogens is 356 g/mol. The zero-order valence-corrected chi connectivity index (χ0v) is 18.3. The van der Waals surface area contributed by atoms with Gasteiger partial charge in [-0.05, 0) is 53.4 Å². The molecule has 0 saturated heterocycles. The monoisotopic (exact) mass is 394 g/mol. The lowest BCUT2D eigenvalue weighted by atomic mass is 10.2. The molecule has 0 aliphatic carbocycles. The first kappa shape index (κ1) is 24.0. The van der Waals surface area contributed by atoms with Crippen LogP contribution < -0.4 is 20.1 Å². The number of hydrogen-bond acceptors (Lipinski definition) is 5. The van der Waals surface area contributed by atoms with Gasteiger partial charge < -0.3 is 29.7 Å². The molecule has 0 aliphatic heterocycles. The van der Waals surface area contributed by atoms with Crippen molar-refractivity contribution >= 4 is 5.96 Å². The second-order valence-electron chi connectivity index (χ2n) is 6.88. The topological polar surface area (TPSA) is 67.4 Å². The summed E-state index contributed by atoms with van der Waals surface area (Å²) >= 11 is 0. The van der Waals surface area contributed by atoms with Crippen LogP contribution in [0.1, 0.15) is 27.2 Å². The van der Waals surface area contributed by atoms with Crippen molar-refractivity contribution in [1.82, 2.24) is 15.5 Å². The predicted molar refractivity (Wildman–Crippen MR) is 116 cm³/mol. The molecule has 7 nitrogen and oxygen atoms in total. The lowest BCUT2D eigenvalue weighted by Gasteiger charge is -2.20. The van der Waals surface area contributed by atoms with Crippen molar-refractivity contribution in [3.8, 4) is 11.5 Å². The van der Waals surface area contributed by atoms with Crippen molar-refractivity contribution in [3.63, 3.8) is 0 Å². The lowest BCUT2D eigenvalue weighted by Crippen LogP contribution is -2.42. The molecule has 0 amide bonds. The Hall–Kier alpha value is -1.99. The highest BCUT2D eigenvalue weighted by Gasteiger charge is 2.10. The Morgan fingerprint density at radius 1 is 1.18 bits per heavy atom. The van der Waals surface area contributed by atoms with E-state index >= 15 is 0 Å². The van der Waals surface area contributed by atoms with Crippen molar-refractivity contribution in [1.29, 1.82) is 0 Å². The molecule has 2 atom stereocenters. The first-order valence-electron chi connectivity index (χ1n) is 10.1. The molecule has 1 aromatic rings. The average molecular weight is 395 g/mol. The summed E-state index contributed by atoms with van der Waals surface area (Å²) < 4.78 is 17.0. The van der Waals surface area contributed by atoms with E-state index in [2.05, 4.69) is 36.6 Å². The predicted octanol–water partition coefficient (Wildman–Crippen LogP) is 2.37. The van der Waals surface area contributed by atoms with Crippen LogP contribution in [-0.2, 0) is 4.74 Å². The molecule has 160 valence electrons. The smallest absolute Gasteiger partial charge is 0.191 e. The van der Waals surface area contributed by atoms with E-state index < -0.39 is 0 Å². The fourth-order valence-corrected chi connectivity index (χ4v) is 2.59. The van der Waals surface area contributed by atoms with E-state index in [4.69, 9.17) is 19.2 Å². The van der Waals surface area contributed by atoms with Gasteiger partial charge in [0, 0.05) is 25.8 Å². The summed E-state index contributed by atoms with van der Waals surface area (Å²) in [5.74, 6) is 2.35. The maximum absolute atomic E-state index is 5.96. The molecule has 0 aliphatic rings. The number of nitrogens with zero attached hydrogens (tertiary/aromatic N) is 2. The van der Waals surface area contributed by atoms with Crippen LogP contribution in [0.5, 0.6) is 11.5 Å². The van der Waals surface area contributed by atoms with Gasteiger partial charge in [-0.25, -0.2) is 0 Å². The van der Waals surface area contributed by atoms with Crippen LogP contribution in [0.25, 0.3) is 0 Å². The largest absolute Gasteiger partial charge is 0.497 e. The third kappa shape index (κ3) is 10.4. The van der Waals surface area contributed by atoms with E-state index in [9.17, 15) is 0 Å². The van der Waals surface area contributed by atoms with Crippen molar-refractivity contribution in [2.24, 2.45) is 4.99 Å². The Morgan fingerprint density at radius 3 is 2.57 bits per heavy atom. The summed E-state index contributed by atoms with van der Waals surface area (Å²) in [6.45, 7) is 9.84. The molecule has 1 rings (SSSR count). The van der Waals surface area contributed by atoms with Crippen molar-refractivity contribution in [2.45, 2.75) is 39.4 Å². The summed E-state index contributed by atoms with van der Waals surface area (Å²) in [6.07, 6.45) is 1.06. The standard InChI is InChI=1S/C21H38N4O3/c1-7-22-21(24-16-20(27-8-2)12-13-25(4)5)23-15-17(3)28-19-11-9-10-18(14-19)26-6/h9-11,14,17,20H,7-8,12-13,15-16H2,1-6H3,(H2,22,23,24). The van der Waals surface area contributed by atoms with Crippen molar-refractivity contribution < 1.29 is 14.2 Å². The van der Waals surface area contributed by atoms with Gasteiger partial charge in [0.05, 0.1) is 26.3 Å². The van der Waals surface area contributed by atoms with Gasteiger partial charge in [-0.2, -0.15) is 0 Å². The summed E-state index contributed by atoms with van der Waals surface area (Å²) in [7, 11) is 5.79. The average Bonchev–Trinajstić information content (AvgIpc) is 2.68. The van der Waals surface area contributed by atoms with E-state index in [0.717, 1.165) is 37.0 Å². The van der Waals surface area contributed by atoms with Gasteiger partial charge in [-0.15, -0.1) is 0 Å². The second-order valence-corrected chi connectivity index (χ2v) is 6.88. The Morgan fingerprint density at radius 2 is 1.93 bits per heavy atom. The first-order valence-corrected chi connectivity index (χ1v) is 10.1. The number of benzene rings is 1. The van der Waals surface area contributed by atoms with Crippen LogP contribution in [-0.4, -0.2) is 77.1 Å². The molecule has 0 radical (unpaired) electrons. The van der Waals surface area contributed by atoms with E-state index in [-0.39, 0.29) is 12.2 Å². The molecule has 0 saturated carbocycles. The van der Waals surface area contributed by atoms with Gasteiger partial charge in [0.15, 0.2) is 5.96 Å². The number of guanidine groups is 1. The Balaban J connectivity index is 2.55. The molecule has 0 heterocycles. The minimum atomic E-state index is -0.0209. The maximum Gasteiger partial charge on any atom is 0.191 e. The number of rotatable bonds is 13. The number of methoxy groups -OCH3 is 1. The van der Waals surface area contributed by atoms with Gasteiger partial charge in [0.25, 0.3) is 0 Å². The zero-order valence-electron chi connectivity index (χ0n) is 18.3. The first-order chi connectivity index (χ1) is 13.5. The highest BCUT2D eigenvalue weighted by atomic mass is 16.5. The molecule has 7 heteroatoms. The highest BCUT2D eigenvalue weighted by Crippen LogP contribution is 2.19. The highest BCUT2D eigenvalue weighted by molar-refractivity contribution is 5.79. The molecular formula is C21H38N4O3. The Bertz CT molecular complexity index is 566. The third-order valence-corrected chi connectivity index (χ3v) is 4.03. The number of aliphatic imine (C=N–C) groups is 1. The third-order valence-electron chi connectivity index (χ3n) is 4.03. The number of hydrogen-bond donors (Lipinski definition) is 2. The Labute approximate surface area is 170 Å². The summed E-state index contributed by atoms with van der Waals surface area (Å²) in [5, 5.41) is 6.63. The molecule has 2 N–H and O–H groups in total. The maximum atomic E-state index is 5.96. The minimum Gasteiger partial charge on any atom is -0.497 e. The number of nitrogens with one attached hydrogen (secondary N) is 2. The van der Waals surface area contributed by atoms with E-state index in [1.165, 1.54) is 0 Å². The summed E-state index contributed by atoms with van der Waals surface area (Å²) in [6, 6.07) is 7.63. The SMILES string of the molecule is CCNC(=NCC(CCN(C)C)OCC)NCC(C)Oc1cccc(OC)c1. The zero-order chi connectivity index (χ0) is 20.8. The van der Waals surface area contributed by atoms with E-state index in [1.54, 1.807) is 7.11 Å². The van der Waals surface area contributed by atoms with E-state index in [1.807, 2.05) is 38.1 Å². The van der Waals surface area contributed by atoms with Crippen LogP contribution in [0.3, 0.4) is 0 Å². The normalized spacial score (nSPS) is 13.9. The van der Waals surface area contributed by atoms with Gasteiger partial charge in [-0.1, -0.05) is 6.07 Å². The lowest BCUT2D eigenvalue weighted by molar-refractivity contribution is 0.0582. The van der Waals surface area contributed by atoms with Gasteiger partial charge in [0.2, 0.25) is 0 Å². The van der Waals surface area contributed by atoms with Crippen LogP contribution >= 0.6 is 0 Å². The molecule has 0 fully saturated rings. The number of ether oxygens (including phenoxy) is 3. The summed E-state index contributed by atoms with van der Waals surface area (Å²) in [5.41, 5.74) is 0. The molecule has 28 heavy (non-hydrogen) atoms. The van der Waals surface area contributed by atoms with Gasteiger partial charge in [-0.3, -0.25) is 4.99 Å². The molecule has 0 spiro atoms. The molecule has 0 bridgehead atoms. The van der Waals surface area contributed by atoms with Gasteiger partial charge >= 0.3 is 0 Å². The summed E-state index contributed by atoms with van der Waals surface area (Å²) in [4.78, 5) is 6.86. The van der Waals surface area contributed by atoms with Crippen LogP contribution in [0.15, 0.2) is 29.3 Å². The fourth-order valence-electron chi connectivity index (χ4n) is 2.59.